The predicted molar refractivity (Wildman–Crippen MR) is 96.8 cm³/mol. The van der Waals surface area contributed by atoms with Crippen LogP contribution in [0.3, 0.4) is 0 Å². The van der Waals surface area contributed by atoms with Gasteiger partial charge >= 0.3 is 0 Å². The molecule has 0 fully saturated rings. The first-order valence-corrected chi connectivity index (χ1v) is 8.68. The van der Waals surface area contributed by atoms with Gasteiger partial charge in [0, 0.05) is 37.0 Å². The lowest BCUT2D eigenvalue weighted by atomic mass is 9.92. The molecule has 1 N–H and O–H groups in total. The number of carbonyl (C=O) groups excluding carboxylic acids is 2. The summed E-state index contributed by atoms with van der Waals surface area (Å²) >= 11 is 0. The monoisotopic (exact) mass is 337 g/mol. The van der Waals surface area contributed by atoms with Crippen molar-refractivity contribution in [3.63, 3.8) is 0 Å². The van der Waals surface area contributed by atoms with E-state index in [0.29, 0.717) is 18.7 Å². The van der Waals surface area contributed by atoms with Crippen LogP contribution >= 0.6 is 0 Å². The second-order valence-electron chi connectivity index (χ2n) is 6.49. The fourth-order valence-corrected chi connectivity index (χ4v) is 3.11. The molecule has 2 atom stereocenters. The number of hydrogen-bond acceptors (Lipinski definition) is 3. The zero-order chi connectivity index (χ0) is 17.8. The molecule has 0 saturated heterocycles. The van der Waals surface area contributed by atoms with Gasteiger partial charge in [0.2, 0.25) is 11.8 Å². The van der Waals surface area contributed by atoms with Crippen molar-refractivity contribution in [3.8, 4) is 0 Å². The SMILES string of the molecule is CC[C@H](C)C(=O)N1Cc2ccccc2C[C@H]1C(=O)Nc1ccncc1. The third-order valence-electron chi connectivity index (χ3n) is 4.82. The number of hydrogen-bond donors (Lipinski definition) is 1. The van der Waals surface area contributed by atoms with E-state index in [1.54, 1.807) is 29.4 Å². The Morgan fingerprint density at radius 3 is 2.56 bits per heavy atom. The largest absolute Gasteiger partial charge is 0.326 e. The molecule has 130 valence electrons. The molecular weight excluding hydrogens is 314 g/mol. The van der Waals surface area contributed by atoms with Crippen molar-refractivity contribution in [2.75, 3.05) is 5.32 Å². The number of pyridine rings is 1. The number of nitrogens with one attached hydrogen (secondary N) is 1. The second-order valence-corrected chi connectivity index (χ2v) is 6.49. The highest BCUT2D eigenvalue weighted by Crippen LogP contribution is 2.26. The minimum atomic E-state index is -0.496. The lowest BCUT2D eigenvalue weighted by Gasteiger charge is -2.37. The molecule has 1 aromatic carbocycles. The lowest BCUT2D eigenvalue weighted by Crippen LogP contribution is -2.52. The second kappa shape index (κ2) is 7.47. The van der Waals surface area contributed by atoms with Crippen LogP contribution < -0.4 is 5.32 Å². The van der Waals surface area contributed by atoms with Gasteiger partial charge in [-0.05, 0) is 29.7 Å². The van der Waals surface area contributed by atoms with E-state index in [0.717, 1.165) is 17.5 Å². The molecule has 0 radical (unpaired) electrons. The van der Waals surface area contributed by atoms with E-state index in [2.05, 4.69) is 10.3 Å². The first kappa shape index (κ1) is 17.1. The van der Waals surface area contributed by atoms with Crippen molar-refractivity contribution < 1.29 is 9.59 Å². The van der Waals surface area contributed by atoms with E-state index < -0.39 is 6.04 Å². The zero-order valence-electron chi connectivity index (χ0n) is 14.6. The van der Waals surface area contributed by atoms with E-state index in [4.69, 9.17) is 0 Å². The van der Waals surface area contributed by atoms with Gasteiger partial charge in [0.05, 0.1) is 0 Å². The summed E-state index contributed by atoms with van der Waals surface area (Å²) in [5, 5.41) is 2.91. The molecular formula is C20H23N3O2. The van der Waals surface area contributed by atoms with Crippen molar-refractivity contribution in [3.05, 3.63) is 59.9 Å². The van der Waals surface area contributed by atoms with Crippen molar-refractivity contribution in [2.45, 2.75) is 39.3 Å². The molecule has 1 aromatic heterocycles. The predicted octanol–water partition coefficient (Wildman–Crippen LogP) is 3.02. The Kier molecular flexibility index (Phi) is 5.12. The number of fused-ring (bicyclic) bond motifs is 1. The summed E-state index contributed by atoms with van der Waals surface area (Å²) in [4.78, 5) is 31.4. The highest BCUT2D eigenvalue weighted by atomic mass is 16.2. The first-order chi connectivity index (χ1) is 12.1. The molecule has 5 heteroatoms. The smallest absolute Gasteiger partial charge is 0.247 e. The van der Waals surface area contributed by atoms with Gasteiger partial charge in [0.25, 0.3) is 0 Å². The van der Waals surface area contributed by atoms with Crippen LogP contribution in [0.1, 0.15) is 31.4 Å². The molecule has 1 aliphatic heterocycles. The molecule has 1 aliphatic rings. The third kappa shape index (κ3) is 3.71. The maximum atomic E-state index is 12.9. The number of anilines is 1. The molecule has 2 heterocycles. The Hall–Kier alpha value is -2.69. The quantitative estimate of drug-likeness (QED) is 0.933. The number of benzene rings is 1. The van der Waals surface area contributed by atoms with Gasteiger partial charge in [-0.25, -0.2) is 0 Å². The molecule has 5 nitrogen and oxygen atoms in total. The Morgan fingerprint density at radius 1 is 1.20 bits per heavy atom. The Labute approximate surface area is 148 Å². The molecule has 2 aromatic rings. The van der Waals surface area contributed by atoms with Gasteiger partial charge in [-0.15, -0.1) is 0 Å². The van der Waals surface area contributed by atoms with Crippen molar-refractivity contribution in [1.29, 1.82) is 0 Å². The molecule has 0 bridgehead atoms. The molecule has 3 rings (SSSR count). The van der Waals surface area contributed by atoms with E-state index in [9.17, 15) is 9.59 Å². The molecule has 2 amide bonds. The average Bonchev–Trinajstić information content (AvgIpc) is 2.66. The van der Waals surface area contributed by atoms with Gasteiger partial charge in [0.1, 0.15) is 6.04 Å². The van der Waals surface area contributed by atoms with E-state index in [1.165, 1.54) is 0 Å². The highest BCUT2D eigenvalue weighted by molar-refractivity contribution is 5.97. The zero-order valence-corrected chi connectivity index (χ0v) is 14.6. The summed E-state index contributed by atoms with van der Waals surface area (Å²) in [5.41, 5.74) is 2.94. The van der Waals surface area contributed by atoms with E-state index in [1.807, 2.05) is 38.1 Å². The van der Waals surface area contributed by atoms with Gasteiger partial charge in [0.15, 0.2) is 0 Å². The third-order valence-corrected chi connectivity index (χ3v) is 4.82. The number of carbonyl (C=O) groups is 2. The topological polar surface area (TPSA) is 62.3 Å². The summed E-state index contributed by atoms with van der Waals surface area (Å²) in [6.45, 7) is 4.39. The summed E-state index contributed by atoms with van der Waals surface area (Å²) < 4.78 is 0. The summed E-state index contributed by atoms with van der Waals surface area (Å²) in [7, 11) is 0. The Bertz CT molecular complexity index is 761. The molecule has 0 aliphatic carbocycles. The highest BCUT2D eigenvalue weighted by Gasteiger charge is 2.35. The van der Waals surface area contributed by atoms with Crippen molar-refractivity contribution in [1.82, 2.24) is 9.88 Å². The van der Waals surface area contributed by atoms with E-state index >= 15 is 0 Å². The van der Waals surface area contributed by atoms with Crippen molar-refractivity contribution in [2.24, 2.45) is 5.92 Å². The summed E-state index contributed by atoms with van der Waals surface area (Å²) in [5.74, 6) is -0.217. The molecule has 0 saturated carbocycles. The molecule has 0 unspecified atom stereocenters. The summed E-state index contributed by atoms with van der Waals surface area (Å²) in [6, 6.07) is 11.0. The number of nitrogens with zero attached hydrogens (tertiary/aromatic N) is 2. The van der Waals surface area contributed by atoms with Gasteiger partial charge in [-0.2, -0.15) is 0 Å². The van der Waals surface area contributed by atoms with Crippen LogP contribution in [0.2, 0.25) is 0 Å². The molecule has 0 spiro atoms. The lowest BCUT2D eigenvalue weighted by molar-refractivity contribution is -0.143. The number of amides is 2. The maximum absolute atomic E-state index is 12.9. The van der Waals surface area contributed by atoms with Crippen LogP contribution in [0.25, 0.3) is 0 Å². The van der Waals surface area contributed by atoms with Crippen LogP contribution in [-0.2, 0) is 22.6 Å². The minimum absolute atomic E-state index is 0.0341. The van der Waals surface area contributed by atoms with Crippen LogP contribution in [0.5, 0.6) is 0 Å². The van der Waals surface area contributed by atoms with E-state index in [-0.39, 0.29) is 17.7 Å². The Morgan fingerprint density at radius 2 is 1.88 bits per heavy atom. The minimum Gasteiger partial charge on any atom is -0.326 e. The Balaban J connectivity index is 1.87. The number of aromatic nitrogens is 1. The first-order valence-electron chi connectivity index (χ1n) is 8.68. The fraction of sp³-hybridized carbons (Fsp3) is 0.350. The fourth-order valence-electron chi connectivity index (χ4n) is 3.11. The summed E-state index contributed by atoms with van der Waals surface area (Å²) in [6.07, 6.45) is 4.56. The average molecular weight is 337 g/mol. The molecule has 25 heavy (non-hydrogen) atoms. The maximum Gasteiger partial charge on any atom is 0.247 e. The van der Waals surface area contributed by atoms with Crippen molar-refractivity contribution >= 4 is 17.5 Å². The standard InChI is InChI=1S/C20H23N3O2/c1-3-14(2)20(25)23-13-16-7-5-4-6-15(16)12-18(23)19(24)22-17-8-10-21-11-9-17/h4-11,14,18H,3,12-13H2,1-2H3,(H,21,22,24)/t14-,18-/m0/s1. The number of rotatable bonds is 4. The van der Waals surface area contributed by atoms with Gasteiger partial charge in [-0.3, -0.25) is 14.6 Å². The van der Waals surface area contributed by atoms with Crippen LogP contribution in [-0.4, -0.2) is 27.7 Å². The van der Waals surface area contributed by atoms with Crippen LogP contribution in [0.15, 0.2) is 48.8 Å². The van der Waals surface area contributed by atoms with Gasteiger partial charge in [-0.1, -0.05) is 38.1 Å². The van der Waals surface area contributed by atoms with Gasteiger partial charge < -0.3 is 10.2 Å². The van der Waals surface area contributed by atoms with Crippen LogP contribution in [0, 0.1) is 5.92 Å². The normalized spacial score (nSPS) is 17.5. The van der Waals surface area contributed by atoms with Crippen LogP contribution in [0.4, 0.5) is 5.69 Å².